The van der Waals surface area contributed by atoms with Crippen molar-refractivity contribution in [3.05, 3.63) is 4.91 Å². The van der Waals surface area contributed by atoms with E-state index in [1.54, 1.807) is 0 Å². The molecule has 12 heavy (non-hydrogen) atoms. The highest BCUT2D eigenvalue weighted by atomic mass is 32.1. The summed E-state index contributed by atoms with van der Waals surface area (Å²) in [6.45, 7) is 0.111. The molecule has 1 unspecified atom stereocenters. The summed E-state index contributed by atoms with van der Waals surface area (Å²) in [5.41, 5.74) is 0. The number of hydrogen-bond acceptors (Lipinski definition) is 6. The van der Waals surface area contributed by atoms with E-state index in [1.165, 1.54) is 7.11 Å². The Kier molecular flexibility index (Phi) is 6.69. The van der Waals surface area contributed by atoms with Crippen molar-refractivity contribution in [1.29, 1.82) is 0 Å². The van der Waals surface area contributed by atoms with E-state index in [-0.39, 0.29) is 19.0 Å². The van der Waals surface area contributed by atoms with E-state index in [0.29, 0.717) is 0 Å². The molecule has 0 aromatic rings. The van der Waals surface area contributed by atoms with Gasteiger partial charge in [0.05, 0.1) is 12.4 Å². The molecule has 0 radical (unpaired) electrons. The molecule has 70 valence electrons. The van der Waals surface area contributed by atoms with Gasteiger partial charge in [0, 0.05) is 7.11 Å². The minimum Gasteiger partial charge on any atom is -0.463 e. The molecular formula is C6H11NO4S. The van der Waals surface area contributed by atoms with Crippen molar-refractivity contribution in [2.45, 2.75) is 6.04 Å². The van der Waals surface area contributed by atoms with Gasteiger partial charge in [-0.1, -0.05) is 5.18 Å². The number of methoxy groups -OCH3 is 1. The summed E-state index contributed by atoms with van der Waals surface area (Å²) < 4.78 is 9.26. The third-order valence-corrected chi connectivity index (χ3v) is 1.33. The van der Waals surface area contributed by atoms with Crippen molar-refractivity contribution in [3.63, 3.8) is 0 Å². The van der Waals surface area contributed by atoms with E-state index in [9.17, 15) is 9.70 Å². The minimum absolute atomic E-state index is 0.00143. The van der Waals surface area contributed by atoms with Crippen LogP contribution in [0.25, 0.3) is 0 Å². The lowest BCUT2D eigenvalue weighted by atomic mass is 10.4. The zero-order valence-corrected chi connectivity index (χ0v) is 7.62. The van der Waals surface area contributed by atoms with Crippen molar-refractivity contribution in [2.75, 3.05) is 26.1 Å². The van der Waals surface area contributed by atoms with Gasteiger partial charge in [-0.05, 0) is 0 Å². The Labute approximate surface area is 75.8 Å². The fourth-order valence-electron chi connectivity index (χ4n) is 0.536. The molecule has 0 aliphatic rings. The Hall–Kier alpha value is -0.620. The molecule has 0 spiro atoms. The summed E-state index contributed by atoms with van der Waals surface area (Å²) in [5.74, 6) is -0.471. The third-order valence-electron chi connectivity index (χ3n) is 1.07. The van der Waals surface area contributed by atoms with Crippen LogP contribution in [0.1, 0.15) is 0 Å². The molecule has 0 heterocycles. The highest BCUT2D eigenvalue weighted by Gasteiger charge is 2.10. The molecule has 0 aliphatic heterocycles. The molecule has 0 aliphatic carbocycles. The molecular weight excluding hydrogens is 182 g/mol. The van der Waals surface area contributed by atoms with E-state index >= 15 is 0 Å². The summed E-state index contributed by atoms with van der Waals surface area (Å²) in [4.78, 5) is 20.6. The smallest absolute Gasteiger partial charge is 0.315 e. The van der Waals surface area contributed by atoms with Crippen molar-refractivity contribution in [1.82, 2.24) is 0 Å². The number of nitroso groups, excluding NO2 is 1. The lowest BCUT2D eigenvalue weighted by Gasteiger charge is -2.07. The number of esters is 1. The van der Waals surface area contributed by atoms with Gasteiger partial charge in [0.15, 0.2) is 0 Å². The number of thiol groups is 1. The first kappa shape index (κ1) is 11.4. The van der Waals surface area contributed by atoms with Gasteiger partial charge < -0.3 is 9.47 Å². The molecule has 0 rings (SSSR count). The fraction of sp³-hybridized carbons (Fsp3) is 0.833. The second-order valence-electron chi connectivity index (χ2n) is 2.06. The molecule has 5 nitrogen and oxygen atoms in total. The van der Waals surface area contributed by atoms with Crippen LogP contribution in [0.3, 0.4) is 0 Å². The summed E-state index contributed by atoms with van der Waals surface area (Å²) >= 11 is 3.68. The van der Waals surface area contributed by atoms with Gasteiger partial charge in [-0.3, -0.25) is 4.79 Å². The topological polar surface area (TPSA) is 65.0 Å². The Morgan fingerprint density at radius 3 is 2.67 bits per heavy atom. The predicted octanol–water partition coefficient (Wildman–Crippen LogP) is 0.241. The van der Waals surface area contributed by atoms with Crippen LogP contribution >= 0.6 is 12.6 Å². The molecule has 0 aromatic carbocycles. The summed E-state index contributed by atoms with van der Waals surface area (Å²) in [6, 6.07) is -0.626. The van der Waals surface area contributed by atoms with Crippen LogP contribution < -0.4 is 0 Å². The van der Waals surface area contributed by atoms with Gasteiger partial charge >= 0.3 is 5.97 Å². The monoisotopic (exact) mass is 193 g/mol. The molecule has 0 N–H and O–H groups in total. The molecule has 0 aromatic heterocycles. The van der Waals surface area contributed by atoms with Gasteiger partial charge in [-0.15, -0.1) is 0 Å². The fourth-order valence-corrected chi connectivity index (χ4v) is 0.627. The van der Waals surface area contributed by atoms with E-state index in [4.69, 9.17) is 0 Å². The molecule has 1 atom stereocenters. The molecule has 0 fully saturated rings. The van der Waals surface area contributed by atoms with Crippen LogP contribution in [-0.4, -0.2) is 38.1 Å². The lowest BCUT2D eigenvalue weighted by molar-refractivity contribution is -0.141. The number of ether oxygens (including phenoxy) is 2. The Morgan fingerprint density at radius 1 is 1.58 bits per heavy atom. The zero-order chi connectivity index (χ0) is 9.40. The molecule has 0 saturated carbocycles. The quantitative estimate of drug-likeness (QED) is 0.373. The highest BCUT2D eigenvalue weighted by molar-refractivity contribution is 7.81. The van der Waals surface area contributed by atoms with Crippen LogP contribution in [0.15, 0.2) is 5.18 Å². The SMILES string of the molecule is COCC(COC(=O)CS)N=O. The molecule has 0 amide bonds. The zero-order valence-electron chi connectivity index (χ0n) is 6.73. The van der Waals surface area contributed by atoms with Gasteiger partial charge in [0.25, 0.3) is 0 Å². The standard InChI is InChI=1S/C6H11NO4S/c1-10-2-5(7-9)3-11-6(8)4-12/h5,12H,2-4H2,1H3. The number of hydrogen-bond donors (Lipinski definition) is 1. The summed E-state index contributed by atoms with van der Waals surface area (Å²) in [6.07, 6.45) is 0. The van der Waals surface area contributed by atoms with Crippen LogP contribution in [0.2, 0.25) is 0 Å². The maximum absolute atomic E-state index is 10.6. The van der Waals surface area contributed by atoms with Crippen LogP contribution in [-0.2, 0) is 14.3 Å². The van der Waals surface area contributed by atoms with Gasteiger partial charge in [0.2, 0.25) is 0 Å². The van der Waals surface area contributed by atoms with Crippen molar-refractivity contribution >= 4 is 18.6 Å². The van der Waals surface area contributed by atoms with Gasteiger partial charge in [-0.25, -0.2) is 0 Å². The Balaban J connectivity index is 3.57. The Bertz CT molecular complexity index is 152. The minimum atomic E-state index is -0.626. The maximum Gasteiger partial charge on any atom is 0.315 e. The Morgan fingerprint density at radius 2 is 2.25 bits per heavy atom. The van der Waals surface area contributed by atoms with Crippen LogP contribution in [0.4, 0.5) is 0 Å². The summed E-state index contributed by atoms with van der Waals surface area (Å²) in [5, 5.41) is 2.71. The number of carbonyl (C=O) groups is 1. The second-order valence-corrected chi connectivity index (χ2v) is 2.37. The van der Waals surface area contributed by atoms with Gasteiger partial charge in [0.1, 0.15) is 12.6 Å². The number of rotatable bonds is 6. The third kappa shape index (κ3) is 5.09. The van der Waals surface area contributed by atoms with Crippen molar-refractivity contribution in [3.8, 4) is 0 Å². The lowest BCUT2D eigenvalue weighted by Crippen LogP contribution is -2.21. The number of nitrogens with zero attached hydrogens (tertiary/aromatic N) is 1. The van der Waals surface area contributed by atoms with Crippen molar-refractivity contribution in [2.24, 2.45) is 5.18 Å². The van der Waals surface area contributed by atoms with E-state index < -0.39 is 12.0 Å². The van der Waals surface area contributed by atoms with E-state index in [0.717, 1.165) is 0 Å². The first-order valence-corrected chi connectivity index (χ1v) is 3.95. The van der Waals surface area contributed by atoms with E-state index in [1.807, 2.05) is 0 Å². The maximum atomic E-state index is 10.6. The first-order valence-electron chi connectivity index (χ1n) is 3.32. The molecule has 0 saturated heterocycles. The van der Waals surface area contributed by atoms with Crippen molar-refractivity contribution < 1.29 is 14.3 Å². The van der Waals surface area contributed by atoms with E-state index in [2.05, 4.69) is 27.3 Å². The number of carbonyl (C=O) groups excluding carboxylic acids is 1. The normalized spacial score (nSPS) is 12.2. The highest BCUT2D eigenvalue weighted by Crippen LogP contribution is 1.93. The largest absolute Gasteiger partial charge is 0.463 e. The molecule has 6 heteroatoms. The average Bonchev–Trinajstić information content (AvgIpc) is 2.11. The first-order chi connectivity index (χ1) is 5.74. The predicted molar refractivity (Wildman–Crippen MR) is 46.3 cm³/mol. The van der Waals surface area contributed by atoms with Crippen LogP contribution in [0, 0.1) is 4.91 Å². The second kappa shape index (κ2) is 7.05. The van der Waals surface area contributed by atoms with Crippen LogP contribution in [0.5, 0.6) is 0 Å². The van der Waals surface area contributed by atoms with Gasteiger partial charge in [-0.2, -0.15) is 17.5 Å². The summed E-state index contributed by atoms with van der Waals surface area (Å²) in [7, 11) is 1.44. The molecule has 0 bridgehead atoms. The average molecular weight is 193 g/mol.